The van der Waals surface area contributed by atoms with Crippen molar-refractivity contribution >= 4 is 35.0 Å². The fourth-order valence-electron chi connectivity index (χ4n) is 2.96. The third kappa shape index (κ3) is 4.28. The Labute approximate surface area is 175 Å². The molecule has 0 unspecified atom stereocenters. The van der Waals surface area contributed by atoms with Crippen molar-refractivity contribution in [3.63, 3.8) is 0 Å². The number of anilines is 1. The van der Waals surface area contributed by atoms with Gasteiger partial charge in [-0.2, -0.15) is 10.1 Å². The van der Waals surface area contributed by atoms with Crippen molar-refractivity contribution < 1.29 is 14.3 Å². The normalized spacial score (nSPS) is 14.7. The Morgan fingerprint density at radius 3 is 2.72 bits per heavy atom. The maximum atomic E-state index is 13.0. The Morgan fingerprint density at radius 2 is 2.00 bits per heavy atom. The zero-order chi connectivity index (χ0) is 21.0. The zero-order valence-corrected chi connectivity index (χ0v) is 17.3. The van der Waals surface area contributed by atoms with Crippen molar-refractivity contribution in [3.8, 4) is 23.8 Å². The van der Waals surface area contributed by atoms with Crippen LogP contribution >= 0.6 is 11.6 Å². The fraction of sp³-hybridized carbons (Fsp3) is 0.217. The number of halogens is 1. The summed E-state index contributed by atoms with van der Waals surface area (Å²) in [5.41, 5.74) is 3.39. The van der Waals surface area contributed by atoms with E-state index in [1.54, 1.807) is 31.2 Å². The molecule has 0 fully saturated rings. The van der Waals surface area contributed by atoms with E-state index in [2.05, 4.69) is 11.0 Å². The van der Waals surface area contributed by atoms with Crippen molar-refractivity contribution in [2.24, 2.45) is 5.10 Å². The molecular weight excluding hydrogens is 388 g/mol. The zero-order valence-electron chi connectivity index (χ0n) is 16.5. The van der Waals surface area contributed by atoms with Crippen molar-refractivity contribution in [3.05, 3.63) is 58.1 Å². The van der Waals surface area contributed by atoms with Crippen LogP contribution in [-0.2, 0) is 4.79 Å². The van der Waals surface area contributed by atoms with Gasteiger partial charge in [-0.05, 0) is 62.2 Å². The third-order valence-electron chi connectivity index (χ3n) is 4.42. The highest BCUT2D eigenvalue weighted by molar-refractivity contribution is 6.34. The van der Waals surface area contributed by atoms with Crippen molar-refractivity contribution in [1.82, 2.24) is 0 Å². The standard InChI is InChI=1S/C23H21ClN2O3/c1-5-12-29-21-11-10-17(14-22(21)28-6-2)13-18-16(4)25-26(23(18)27)20-9-7-8-19(24)15(20)3/h1,7-11,13-14H,6,12H2,2-4H3/b18-13+. The minimum absolute atomic E-state index is 0.151. The average molecular weight is 409 g/mol. The van der Waals surface area contributed by atoms with Gasteiger partial charge >= 0.3 is 0 Å². The quantitative estimate of drug-likeness (QED) is 0.506. The Bertz CT molecular complexity index is 1050. The predicted molar refractivity (Wildman–Crippen MR) is 117 cm³/mol. The number of rotatable bonds is 6. The molecule has 1 amide bonds. The van der Waals surface area contributed by atoms with Crippen LogP contribution in [-0.4, -0.2) is 24.8 Å². The van der Waals surface area contributed by atoms with Crippen LogP contribution in [0.25, 0.3) is 6.08 Å². The lowest BCUT2D eigenvalue weighted by Gasteiger charge is -2.15. The first-order valence-electron chi connectivity index (χ1n) is 9.16. The molecule has 6 heteroatoms. The van der Waals surface area contributed by atoms with Crippen molar-refractivity contribution in [2.45, 2.75) is 20.8 Å². The molecule has 1 heterocycles. The molecule has 29 heavy (non-hydrogen) atoms. The molecule has 0 saturated heterocycles. The van der Waals surface area contributed by atoms with E-state index in [0.717, 1.165) is 11.1 Å². The summed E-state index contributed by atoms with van der Waals surface area (Å²) in [7, 11) is 0. The molecule has 0 atom stereocenters. The lowest BCUT2D eigenvalue weighted by Crippen LogP contribution is -2.22. The van der Waals surface area contributed by atoms with Gasteiger partial charge in [-0.15, -0.1) is 6.42 Å². The summed E-state index contributed by atoms with van der Waals surface area (Å²) in [4.78, 5) is 13.0. The van der Waals surface area contributed by atoms with Gasteiger partial charge in [-0.3, -0.25) is 4.79 Å². The number of benzene rings is 2. The van der Waals surface area contributed by atoms with Gasteiger partial charge < -0.3 is 9.47 Å². The maximum Gasteiger partial charge on any atom is 0.280 e. The van der Waals surface area contributed by atoms with E-state index in [1.165, 1.54) is 5.01 Å². The van der Waals surface area contributed by atoms with Gasteiger partial charge in [0.1, 0.15) is 6.61 Å². The van der Waals surface area contributed by atoms with Crippen LogP contribution in [0.2, 0.25) is 5.02 Å². The maximum absolute atomic E-state index is 13.0. The molecule has 1 aliphatic rings. The van der Waals surface area contributed by atoms with Crippen LogP contribution in [0, 0.1) is 19.3 Å². The number of carbonyl (C=O) groups is 1. The molecule has 2 aromatic carbocycles. The Morgan fingerprint density at radius 1 is 1.21 bits per heavy atom. The number of hydrogen-bond donors (Lipinski definition) is 0. The second-order valence-corrected chi connectivity index (χ2v) is 6.78. The van der Waals surface area contributed by atoms with Crippen molar-refractivity contribution in [1.29, 1.82) is 0 Å². The van der Waals surface area contributed by atoms with Gasteiger partial charge in [0, 0.05) is 5.02 Å². The summed E-state index contributed by atoms with van der Waals surface area (Å²) in [5.74, 6) is 3.36. The number of carbonyl (C=O) groups excluding carboxylic acids is 1. The molecule has 0 aliphatic carbocycles. The summed E-state index contributed by atoms with van der Waals surface area (Å²) in [6.07, 6.45) is 7.05. The van der Waals surface area contributed by atoms with Crippen LogP contribution in [0.1, 0.15) is 25.0 Å². The minimum Gasteiger partial charge on any atom is -0.490 e. The molecule has 2 aromatic rings. The fourth-order valence-corrected chi connectivity index (χ4v) is 3.13. The van der Waals surface area contributed by atoms with E-state index in [1.807, 2.05) is 32.0 Å². The van der Waals surface area contributed by atoms with Crippen LogP contribution in [0.15, 0.2) is 47.1 Å². The highest BCUT2D eigenvalue weighted by Crippen LogP contribution is 2.33. The molecule has 5 nitrogen and oxygen atoms in total. The number of nitrogens with zero attached hydrogens (tertiary/aromatic N) is 2. The van der Waals surface area contributed by atoms with E-state index in [-0.39, 0.29) is 12.5 Å². The molecule has 0 spiro atoms. The van der Waals surface area contributed by atoms with E-state index >= 15 is 0 Å². The van der Waals surface area contributed by atoms with Gasteiger partial charge in [-0.1, -0.05) is 29.7 Å². The molecule has 0 bridgehead atoms. The number of amides is 1. The van der Waals surface area contributed by atoms with Gasteiger partial charge in [0.15, 0.2) is 11.5 Å². The van der Waals surface area contributed by atoms with Crippen LogP contribution < -0.4 is 14.5 Å². The van der Waals surface area contributed by atoms with Crippen LogP contribution in [0.5, 0.6) is 11.5 Å². The van der Waals surface area contributed by atoms with Gasteiger partial charge in [-0.25, -0.2) is 0 Å². The van der Waals surface area contributed by atoms with Crippen LogP contribution in [0.4, 0.5) is 5.69 Å². The minimum atomic E-state index is -0.210. The highest BCUT2D eigenvalue weighted by atomic mass is 35.5. The first kappa shape index (κ1) is 20.5. The summed E-state index contributed by atoms with van der Waals surface area (Å²) < 4.78 is 11.2. The molecule has 0 N–H and O–H groups in total. The molecular formula is C23H21ClN2O3. The Kier molecular flexibility index (Phi) is 6.26. The summed E-state index contributed by atoms with van der Waals surface area (Å²) in [5, 5.41) is 6.40. The lowest BCUT2D eigenvalue weighted by molar-refractivity contribution is -0.114. The molecule has 0 radical (unpaired) electrons. The molecule has 0 aromatic heterocycles. The predicted octanol–water partition coefficient (Wildman–Crippen LogP) is 4.87. The largest absolute Gasteiger partial charge is 0.490 e. The van der Waals surface area contributed by atoms with E-state index in [0.29, 0.717) is 40.1 Å². The molecule has 148 valence electrons. The second kappa shape index (κ2) is 8.85. The van der Waals surface area contributed by atoms with E-state index in [9.17, 15) is 4.79 Å². The topological polar surface area (TPSA) is 51.1 Å². The van der Waals surface area contributed by atoms with Gasteiger partial charge in [0.2, 0.25) is 0 Å². The second-order valence-electron chi connectivity index (χ2n) is 6.38. The van der Waals surface area contributed by atoms with Gasteiger partial charge in [0.05, 0.1) is 23.6 Å². The first-order valence-corrected chi connectivity index (χ1v) is 9.54. The lowest BCUT2D eigenvalue weighted by atomic mass is 10.1. The average Bonchev–Trinajstić information content (AvgIpc) is 2.98. The van der Waals surface area contributed by atoms with Crippen LogP contribution in [0.3, 0.4) is 0 Å². The first-order chi connectivity index (χ1) is 14.0. The number of hydrazone groups is 1. The monoisotopic (exact) mass is 408 g/mol. The molecule has 0 saturated carbocycles. The molecule has 1 aliphatic heterocycles. The Hall–Kier alpha value is -3.23. The van der Waals surface area contributed by atoms with Crippen molar-refractivity contribution in [2.75, 3.05) is 18.2 Å². The SMILES string of the molecule is C#CCOc1ccc(/C=C2/C(=O)N(c3cccc(Cl)c3C)N=C2C)cc1OCC. The smallest absolute Gasteiger partial charge is 0.280 e. The Balaban J connectivity index is 1.94. The third-order valence-corrected chi connectivity index (χ3v) is 4.83. The number of ether oxygens (including phenoxy) is 2. The van der Waals surface area contributed by atoms with E-state index < -0.39 is 0 Å². The highest BCUT2D eigenvalue weighted by Gasteiger charge is 2.30. The van der Waals surface area contributed by atoms with E-state index in [4.69, 9.17) is 27.5 Å². The summed E-state index contributed by atoms with van der Waals surface area (Å²) in [6, 6.07) is 10.8. The molecule has 3 rings (SSSR count). The number of hydrogen-bond acceptors (Lipinski definition) is 4. The van der Waals surface area contributed by atoms with Gasteiger partial charge in [0.25, 0.3) is 5.91 Å². The number of terminal acetylenes is 1. The summed E-state index contributed by atoms with van der Waals surface area (Å²) in [6.45, 7) is 6.18. The summed E-state index contributed by atoms with van der Waals surface area (Å²) >= 11 is 6.20.